The molecule has 25 heavy (non-hydrogen) atoms. The Balaban J connectivity index is 1.70. The molecule has 1 aliphatic rings. The number of benzene rings is 1. The zero-order valence-corrected chi connectivity index (χ0v) is 14.7. The molecule has 1 amide bonds. The molecule has 0 aliphatic carbocycles. The van der Waals surface area contributed by atoms with E-state index < -0.39 is 9.84 Å². The first-order valence-corrected chi connectivity index (χ1v) is 9.98. The molecule has 0 radical (unpaired) electrons. The van der Waals surface area contributed by atoms with Gasteiger partial charge in [0.2, 0.25) is 0 Å². The number of carbonyl (C=O) groups is 1. The standard InChI is InChI=1S/C17H20N4O3S/c1-2-21(14-10-11-25(23,24)12-14)16-9-8-15(19-20-16)18-17(22)13-6-4-3-5-7-13/h3-9,14H,2,10-12H2,1H3,(H,18,19,22). The number of aromatic nitrogens is 2. The molecule has 132 valence electrons. The molecule has 7 nitrogen and oxygen atoms in total. The van der Waals surface area contributed by atoms with E-state index >= 15 is 0 Å². The van der Waals surface area contributed by atoms with Gasteiger partial charge in [-0.3, -0.25) is 4.79 Å². The van der Waals surface area contributed by atoms with E-state index in [4.69, 9.17) is 0 Å². The van der Waals surface area contributed by atoms with Crippen LogP contribution in [0.1, 0.15) is 23.7 Å². The van der Waals surface area contributed by atoms with E-state index in [9.17, 15) is 13.2 Å². The van der Waals surface area contributed by atoms with Crippen molar-refractivity contribution in [1.82, 2.24) is 10.2 Å². The van der Waals surface area contributed by atoms with Gasteiger partial charge in [0.25, 0.3) is 5.91 Å². The smallest absolute Gasteiger partial charge is 0.256 e. The maximum atomic E-state index is 12.1. The van der Waals surface area contributed by atoms with Gasteiger partial charge in [0.15, 0.2) is 21.5 Å². The molecule has 1 fully saturated rings. The quantitative estimate of drug-likeness (QED) is 0.873. The van der Waals surface area contributed by atoms with E-state index in [2.05, 4.69) is 15.5 Å². The summed E-state index contributed by atoms with van der Waals surface area (Å²) in [6.07, 6.45) is 0.602. The molecule has 1 saturated heterocycles. The first-order chi connectivity index (χ1) is 12.0. The molecule has 1 aromatic carbocycles. The van der Waals surface area contributed by atoms with Crippen molar-refractivity contribution in [2.24, 2.45) is 0 Å². The van der Waals surface area contributed by atoms with Gasteiger partial charge in [0, 0.05) is 18.2 Å². The third-order valence-corrected chi connectivity index (χ3v) is 5.96. The average Bonchev–Trinajstić information content (AvgIpc) is 2.97. The Labute approximate surface area is 147 Å². The number of nitrogens with zero attached hydrogens (tertiary/aromatic N) is 3. The van der Waals surface area contributed by atoms with Crippen LogP contribution in [0.25, 0.3) is 0 Å². The lowest BCUT2D eigenvalue weighted by atomic mass is 10.2. The summed E-state index contributed by atoms with van der Waals surface area (Å²) in [5.41, 5.74) is 0.541. The van der Waals surface area contributed by atoms with E-state index in [1.807, 2.05) is 17.9 Å². The zero-order valence-electron chi connectivity index (χ0n) is 13.9. The van der Waals surface area contributed by atoms with Crippen LogP contribution >= 0.6 is 0 Å². The summed E-state index contributed by atoms with van der Waals surface area (Å²) in [6, 6.07) is 12.2. The van der Waals surface area contributed by atoms with Gasteiger partial charge in [0.1, 0.15) is 0 Å². The highest BCUT2D eigenvalue weighted by Crippen LogP contribution is 2.22. The van der Waals surface area contributed by atoms with Gasteiger partial charge in [-0.15, -0.1) is 10.2 Å². The SMILES string of the molecule is CCN(c1ccc(NC(=O)c2ccccc2)nn1)C1CCS(=O)(=O)C1. The lowest BCUT2D eigenvalue weighted by molar-refractivity contribution is 0.102. The molecule has 2 aromatic rings. The number of rotatable bonds is 5. The normalized spacial score (nSPS) is 18.7. The summed E-state index contributed by atoms with van der Waals surface area (Å²) in [7, 11) is -2.96. The number of amides is 1. The molecule has 1 N–H and O–H groups in total. The highest BCUT2D eigenvalue weighted by Gasteiger charge is 2.32. The average molecular weight is 360 g/mol. The summed E-state index contributed by atoms with van der Waals surface area (Å²) < 4.78 is 23.4. The highest BCUT2D eigenvalue weighted by atomic mass is 32.2. The van der Waals surface area contributed by atoms with Crippen LogP contribution < -0.4 is 10.2 Å². The summed E-state index contributed by atoms with van der Waals surface area (Å²) in [6.45, 7) is 2.60. The third kappa shape index (κ3) is 4.14. The van der Waals surface area contributed by atoms with Gasteiger partial charge < -0.3 is 10.2 Å². The number of anilines is 2. The van der Waals surface area contributed by atoms with E-state index in [1.54, 1.807) is 36.4 Å². The van der Waals surface area contributed by atoms with Gasteiger partial charge in [-0.1, -0.05) is 18.2 Å². The van der Waals surface area contributed by atoms with E-state index in [0.717, 1.165) is 0 Å². The Morgan fingerprint density at radius 3 is 2.52 bits per heavy atom. The maximum Gasteiger partial charge on any atom is 0.256 e. The fourth-order valence-corrected chi connectivity index (χ4v) is 4.68. The van der Waals surface area contributed by atoms with Gasteiger partial charge in [0.05, 0.1) is 11.5 Å². The van der Waals surface area contributed by atoms with Crippen molar-refractivity contribution in [2.45, 2.75) is 19.4 Å². The van der Waals surface area contributed by atoms with Crippen LogP contribution in [0.15, 0.2) is 42.5 Å². The molecule has 1 aromatic heterocycles. The minimum atomic E-state index is -2.96. The summed E-state index contributed by atoms with van der Waals surface area (Å²) >= 11 is 0. The molecular formula is C17H20N4O3S. The summed E-state index contributed by atoms with van der Waals surface area (Å²) in [5, 5.41) is 10.9. The predicted molar refractivity (Wildman–Crippen MR) is 96.5 cm³/mol. The fourth-order valence-electron chi connectivity index (χ4n) is 2.95. The third-order valence-electron chi connectivity index (χ3n) is 4.21. The minimum Gasteiger partial charge on any atom is -0.351 e. The summed E-state index contributed by atoms with van der Waals surface area (Å²) in [4.78, 5) is 14.1. The van der Waals surface area contributed by atoms with Crippen LogP contribution in [0.4, 0.5) is 11.6 Å². The Morgan fingerprint density at radius 1 is 1.20 bits per heavy atom. The largest absolute Gasteiger partial charge is 0.351 e. The van der Waals surface area contributed by atoms with Crippen LogP contribution in [0, 0.1) is 0 Å². The second-order valence-electron chi connectivity index (χ2n) is 5.94. The number of hydrogen-bond donors (Lipinski definition) is 1. The van der Waals surface area contributed by atoms with E-state index in [0.29, 0.717) is 30.2 Å². The lowest BCUT2D eigenvalue weighted by Gasteiger charge is -2.27. The van der Waals surface area contributed by atoms with E-state index in [1.165, 1.54) is 0 Å². The van der Waals surface area contributed by atoms with Crippen molar-refractivity contribution in [3.05, 3.63) is 48.0 Å². The second-order valence-corrected chi connectivity index (χ2v) is 8.17. The number of carbonyl (C=O) groups excluding carboxylic acids is 1. The Hall–Kier alpha value is -2.48. The van der Waals surface area contributed by atoms with Crippen LogP contribution in [0.3, 0.4) is 0 Å². The maximum absolute atomic E-state index is 12.1. The topological polar surface area (TPSA) is 92.3 Å². The number of sulfone groups is 1. The van der Waals surface area contributed by atoms with Crippen molar-refractivity contribution in [3.8, 4) is 0 Å². The summed E-state index contributed by atoms with van der Waals surface area (Å²) in [5.74, 6) is 1.08. The van der Waals surface area contributed by atoms with Crippen molar-refractivity contribution in [3.63, 3.8) is 0 Å². The minimum absolute atomic E-state index is 0.0749. The zero-order chi connectivity index (χ0) is 17.9. The fraction of sp³-hybridized carbons (Fsp3) is 0.353. The molecule has 1 aliphatic heterocycles. The van der Waals surface area contributed by atoms with E-state index in [-0.39, 0.29) is 23.5 Å². The van der Waals surface area contributed by atoms with Gasteiger partial charge >= 0.3 is 0 Å². The highest BCUT2D eigenvalue weighted by molar-refractivity contribution is 7.91. The first-order valence-electron chi connectivity index (χ1n) is 8.16. The molecule has 8 heteroatoms. The van der Waals surface area contributed by atoms with Crippen LogP contribution in [0.5, 0.6) is 0 Å². The van der Waals surface area contributed by atoms with Gasteiger partial charge in [-0.05, 0) is 37.6 Å². The van der Waals surface area contributed by atoms with Crippen LogP contribution in [-0.2, 0) is 9.84 Å². The van der Waals surface area contributed by atoms with Crippen LogP contribution in [0.2, 0.25) is 0 Å². The molecule has 1 unspecified atom stereocenters. The molecule has 0 bridgehead atoms. The molecule has 0 saturated carbocycles. The molecule has 3 rings (SSSR count). The van der Waals surface area contributed by atoms with Gasteiger partial charge in [-0.25, -0.2) is 8.42 Å². The Morgan fingerprint density at radius 2 is 1.96 bits per heavy atom. The Kier molecular flexibility index (Phi) is 4.98. The van der Waals surface area contributed by atoms with Crippen molar-refractivity contribution in [2.75, 3.05) is 28.3 Å². The molecule has 1 atom stereocenters. The van der Waals surface area contributed by atoms with Crippen LogP contribution in [-0.4, -0.2) is 48.6 Å². The lowest BCUT2D eigenvalue weighted by Crippen LogP contribution is -2.36. The Bertz CT molecular complexity index is 838. The molecule has 2 heterocycles. The number of hydrogen-bond acceptors (Lipinski definition) is 6. The van der Waals surface area contributed by atoms with Gasteiger partial charge in [-0.2, -0.15) is 0 Å². The molecule has 0 spiro atoms. The van der Waals surface area contributed by atoms with Crippen molar-refractivity contribution >= 4 is 27.4 Å². The van der Waals surface area contributed by atoms with Crippen molar-refractivity contribution in [1.29, 1.82) is 0 Å². The first kappa shape index (κ1) is 17.3. The molecular weight excluding hydrogens is 340 g/mol. The number of nitrogens with one attached hydrogen (secondary N) is 1. The predicted octanol–water partition coefficient (Wildman–Crippen LogP) is 1.74. The second kappa shape index (κ2) is 7.18. The monoisotopic (exact) mass is 360 g/mol. The van der Waals surface area contributed by atoms with Crippen molar-refractivity contribution < 1.29 is 13.2 Å².